The molecule has 4 nitrogen and oxygen atoms in total. The predicted octanol–water partition coefficient (Wildman–Crippen LogP) is 0.594. The molecule has 0 radical (unpaired) electrons. The van der Waals surface area contributed by atoms with Gasteiger partial charge in [-0.2, -0.15) is 13.2 Å². The molecule has 0 saturated carbocycles. The van der Waals surface area contributed by atoms with Crippen LogP contribution in [0.2, 0.25) is 0 Å². The molecule has 7 heteroatoms. The van der Waals surface area contributed by atoms with Crippen LogP contribution in [0.15, 0.2) is 0 Å². The maximum absolute atomic E-state index is 12.5. The summed E-state index contributed by atoms with van der Waals surface area (Å²) in [6.07, 6.45) is -4.45. The zero-order chi connectivity index (χ0) is 12.9. The third-order valence-electron chi connectivity index (χ3n) is 2.19. The average Bonchev–Trinajstić information content (AvgIpc) is 2.08. The molecular formula is C9H19F3N4. The summed E-state index contributed by atoms with van der Waals surface area (Å²) in [6, 6.07) is 0. The predicted molar refractivity (Wildman–Crippen MR) is 57.5 cm³/mol. The Hall–Kier alpha value is -0.820. The van der Waals surface area contributed by atoms with Crippen molar-refractivity contribution >= 4 is 5.84 Å². The van der Waals surface area contributed by atoms with Crippen molar-refractivity contribution in [1.29, 1.82) is 5.41 Å². The van der Waals surface area contributed by atoms with E-state index in [-0.39, 0.29) is 6.54 Å². The van der Waals surface area contributed by atoms with Gasteiger partial charge in [0.05, 0.1) is 0 Å². The lowest BCUT2D eigenvalue weighted by molar-refractivity contribution is -0.159. The van der Waals surface area contributed by atoms with Crippen LogP contribution in [0, 0.1) is 11.3 Å². The summed E-state index contributed by atoms with van der Waals surface area (Å²) >= 11 is 0. The van der Waals surface area contributed by atoms with Gasteiger partial charge in [-0.1, -0.05) is 0 Å². The molecule has 0 aliphatic heterocycles. The van der Waals surface area contributed by atoms with Gasteiger partial charge in [0, 0.05) is 19.6 Å². The van der Waals surface area contributed by atoms with Crippen molar-refractivity contribution in [2.45, 2.75) is 6.18 Å². The Bertz CT molecular complexity index is 227. The van der Waals surface area contributed by atoms with Crippen LogP contribution in [0.4, 0.5) is 13.2 Å². The number of hydrogen-bond acceptors (Lipinski definition) is 3. The van der Waals surface area contributed by atoms with Crippen molar-refractivity contribution < 1.29 is 13.2 Å². The maximum Gasteiger partial charge on any atom is 0.399 e. The van der Waals surface area contributed by atoms with E-state index in [4.69, 9.17) is 11.1 Å². The van der Waals surface area contributed by atoms with Crippen LogP contribution in [0.1, 0.15) is 0 Å². The number of amidine groups is 1. The maximum atomic E-state index is 12.5. The van der Waals surface area contributed by atoms with Gasteiger partial charge >= 0.3 is 6.18 Å². The molecule has 0 aliphatic rings. The molecule has 3 N–H and O–H groups in total. The second-order valence-corrected chi connectivity index (χ2v) is 4.12. The van der Waals surface area contributed by atoms with E-state index < -0.39 is 17.9 Å². The van der Waals surface area contributed by atoms with Gasteiger partial charge in [0.25, 0.3) is 0 Å². The summed E-state index contributed by atoms with van der Waals surface area (Å²) in [7, 11) is 5.28. The summed E-state index contributed by atoms with van der Waals surface area (Å²) in [5.41, 5.74) is 4.95. The van der Waals surface area contributed by atoms with Crippen LogP contribution in [0.3, 0.4) is 0 Å². The molecule has 1 atom stereocenters. The molecule has 0 amide bonds. The van der Waals surface area contributed by atoms with Crippen LogP contribution in [-0.2, 0) is 0 Å². The van der Waals surface area contributed by atoms with Gasteiger partial charge in [0.2, 0.25) is 0 Å². The first-order valence-corrected chi connectivity index (χ1v) is 4.88. The first-order valence-electron chi connectivity index (χ1n) is 4.88. The highest BCUT2D eigenvalue weighted by Crippen LogP contribution is 2.26. The Morgan fingerprint density at radius 1 is 1.25 bits per heavy atom. The van der Waals surface area contributed by atoms with Gasteiger partial charge in [-0.25, -0.2) is 0 Å². The summed E-state index contributed by atoms with van der Waals surface area (Å²) in [5, 5.41) is 6.94. The van der Waals surface area contributed by atoms with E-state index in [2.05, 4.69) is 0 Å². The Balaban J connectivity index is 4.25. The number of rotatable bonds is 6. The van der Waals surface area contributed by atoms with Gasteiger partial charge in [0.15, 0.2) is 0 Å². The monoisotopic (exact) mass is 240 g/mol. The average molecular weight is 240 g/mol. The van der Waals surface area contributed by atoms with Crippen molar-refractivity contribution in [2.24, 2.45) is 11.7 Å². The normalized spacial score (nSPS) is 14.5. The van der Waals surface area contributed by atoms with Crippen molar-refractivity contribution in [2.75, 3.05) is 40.8 Å². The standard InChI is InChI=1S/C9H19F3N4/c1-15(2)4-5-16(3)6-7(8(13)14)9(10,11)12/h7H,4-6H2,1-3H3,(H3,13,14). The second-order valence-electron chi connectivity index (χ2n) is 4.12. The van der Waals surface area contributed by atoms with E-state index in [9.17, 15) is 13.2 Å². The molecule has 0 aromatic carbocycles. The number of likely N-dealkylation sites (N-methyl/N-ethyl adjacent to an activating group) is 2. The lowest BCUT2D eigenvalue weighted by Gasteiger charge is -2.25. The number of alkyl halides is 3. The summed E-state index contributed by atoms with van der Waals surface area (Å²) in [4.78, 5) is 3.41. The summed E-state index contributed by atoms with van der Waals surface area (Å²) in [5.74, 6) is -2.70. The minimum Gasteiger partial charge on any atom is -0.387 e. The molecule has 0 spiro atoms. The molecule has 16 heavy (non-hydrogen) atoms. The molecular weight excluding hydrogens is 221 g/mol. The molecule has 0 fully saturated rings. The molecule has 0 heterocycles. The lowest BCUT2D eigenvalue weighted by Crippen LogP contribution is -2.44. The number of nitrogens with one attached hydrogen (secondary N) is 1. The molecule has 96 valence electrons. The zero-order valence-corrected chi connectivity index (χ0v) is 9.80. The highest BCUT2D eigenvalue weighted by atomic mass is 19.4. The fourth-order valence-corrected chi connectivity index (χ4v) is 1.15. The molecule has 0 saturated heterocycles. The largest absolute Gasteiger partial charge is 0.399 e. The minimum absolute atomic E-state index is 0.271. The van der Waals surface area contributed by atoms with Crippen LogP contribution in [-0.4, -0.2) is 62.6 Å². The molecule has 0 rings (SSSR count). The van der Waals surface area contributed by atoms with E-state index in [0.29, 0.717) is 13.1 Å². The van der Waals surface area contributed by atoms with E-state index in [0.717, 1.165) is 0 Å². The first kappa shape index (κ1) is 15.2. The van der Waals surface area contributed by atoms with Gasteiger partial charge in [-0.15, -0.1) is 0 Å². The van der Waals surface area contributed by atoms with Crippen LogP contribution in [0.5, 0.6) is 0 Å². The molecule has 0 aromatic rings. The Morgan fingerprint density at radius 3 is 2.06 bits per heavy atom. The smallest absolute Gasteiger partial charge is 0.387 e. The molecule has 0 aromatic heterocycles. The molecule has 0 bridgehead atoms. The molecule has 0 aliphatic carbocycles. The number of halogens is 3. The SMILES string of the molecule is CN(C)CCN(C)CC(C(=N)N)C(F)(F)F. The van der Waals surface area contributed by atoms with Crippen LogP contribution >= 0.6 is 0 Å². The highest BCUT2D eigenvalue weighted by Gasteiger charge is 2.42. The number of nitrogens with two attached hydrogens (primary N) is 1. The lowest BCUT2D eigenvalue weighted by atomic mass is 10.1. The Kier molecular flexibility index (Phi) is 5.74. The van der Waals surface area contributed by atoms with E-state index in [1.54, 1.807) is 7.05 Å². The van der Waals surface area contributed by atoms with E-state index in [1.807, 2.05) is 19.0 Å². The van der Waals surface area contributed by atoms with E-state index >= 15 is 0 Å². The fraction of sp³-hybridized carbons (Fsp3) is 0.889. The van der Waals surface area contributed by atoms with Crippen LogP contribution in [0.25, 0.3) is 0 Å². The number of hydrogen-bond donors (Lipinski definition) is 2. The summed E-state index contributed by atoms with van der Waals surface area (Å²) < 4.78 is 37.4. The third kappa shape index (κ3) is 5.92. The summed E-state index contributed by atoms with van der Waals surface area (Å²) in [6.45, 7) is 0.901. The van der Waals surface area contributed by atoms with Gasteiger partial charge < -0.3 is 15.5 Å². The quantitative estimate of drug-likeness (QED) is 0.528. The van der Waals surface area contributed by atoms with Crippen molar-refractivity contribution in [3.05, 3.63) is 0 Å². The van der Waals surface area contributed by atoms with Crippen molar-refractivity contribution in [1.82, 2.24) is 9.80 Å². The van der Waals surface area contributed by atoms with Crippen molar-refractivity contribution in [3.63, 3.8) is 0 Å². The molecule has 1 unspecified atom stereocenters. The Labute approximate surface area is 93.7 Å². The minimum atomic E-state index is -4.45. The van der Waals surface area contributed by atoms with Gasteiger partial charge in [0.1, 0.15) is 11.8 Å². The van der Waals surface area contributed by atoms with Crippen LogP contribution < -0.4 is 5.73 Å². The van der Waals surface area contributed by atoms with Gasteiger partial charge in [-0.3, -0.25) is 5.41 Å². The fourth-order valence-electron chi connectivity index (χ4n) is 1.15. The topological polar surface area (TPSA) is 56.4 Å². The highest BCUT2D eigenvalue weighted by molar-refractivity contribution is 5.80. The second kappa shape index (κ2) is 6.05. The first-order chi connectivity index (χ1) is 7.14. The third-order valence-corrected chi connectivity index (χ3v) is 2.19. The van der Waals surface area contributed by atoms with E-state index in [1.165, 1.54) is 4.90 Å². The number of nitrogens with zero attached hydrogens (tertiary/aromatic N) is 2. The van der Waals surface area contributed by atoms with Gasteiger partial charge in [-0.05, 0) is 21.1 Å². The van der Waals surface area contributed by atoms with Crippen molar-refractivity contribution in [3.8, 4) is 0 Å². The zero-order valence-electron chi connectivity index (χ0n) is 9.80. The Morgan fingerprint density at radius 2 is 1.75 bits per heavy atom.